The minimum atomic E-state index is -1.48. The Morgan fingerprint density at radius 1 is 1.38 bits per heavy atom. The van der Waals surface area contributed by atoms with Crippen LogP contribution in [0.4, 0.5) is 4.39 Å². The fourth-order valence-electron chi connectivity index (χ4n) is 1.70. The maximum Gasteiger partial charge on any atom is 0.337 e. The van der Waals surface area contributed by atoms with Gasteiger partial charge in [0.2, 0.25) is 0 Å². The van der Waals surface area contributed by atoms with Gasteiger partial charge in [-0.2, -0.15) is 0 Å². The molecule has 0 saturated heterocycles. The molecule has 7 heteroatoms. The molecule has 0 fully saturated rings. The van der Waals surface area contributed by atoms with Gasteiger partial charge < -0.3 is 14.9 Å². The zero-order valence-corrected chi connectivity index (χ0v) is 12.5. The van der Waals surface area contributed by atoms with Crippen molar-refractivity contribution in [2.45, 2.75) is 25.6 Å². The van der Waals surface area contributed by atoms with Gasteiger partial charge in [-0.05, 0) is 24.6 Å². The van der Waals surface area contributed by atoms with Crippen molar-refractivity contribution in [3.63, 3.8) is 0 Å². The molecule has 0 aromatic heterocycles. The Bertz CT molecular complexity index is 520. The molecule has 0 aliphatic carbocycles. The summed E-state index contributed by atoms with van der Waals surface area (Å²) in [5, 5.41) is 19.7. The number of benzene rings is 1. The summed E-state index contributed by atoms with van der Waals surface area (Å²) in [4.78, 5) is 22.2. The fraction of sp³-hybridized carbons (Fsp3) is 0.429. The zero-order chi connectivity index (χ0) is 16.0. The van der Waals surface area contributed by atoms with Crippen LogP contribution in [0.5, 0.6) is 0 Å². The van der Waals surface area contributed by atoms with Crippen molar-refractivity contribution in [3.05, 3.63) is 35.1 Å². The minimum Gasteiger partial charge on any atom is -0.465 e. The maximum absolute atomic E-state index is 13.7. The lowest BCUT2D eigenvalue weighted by Crippen LogP contribution is -2.20. The predicted molar refractivity (Wildman–Crippen MR) is 76.5 cm³/mol. The molecular formula is C14H17FO5S. The number of halogens is 1. The van der Waals surface area contributed by atoms with Gasteiger partial charge in [-0.3, -0.25) is 4.79 Å². The number of carbonyl (C=O) groups excluding carboxylic acids is 2. The number of aliphatic hydroxyl groups excluding tert-OH is 2. The Labute approximate surface area is 126 Å². The van der Waals surface area contributed by atoms with E-state index < -0.39 is 24.0 Å². The zero-order valence-electron chi connectivity index (χ0n) is 11.7. The first-order valence-electron chi connectivity index (χ1n) is 6.24. The van der Waals surface area contributed by atoms with Crippen LogP contribution in [0.2, 0.25) is 0 Å². The molecule has 0 heterocycles. The molecule has 0 amide bonds. The van der Waals surface area contributed by atoms with Crippen LogP contribution >= 0.6 is 11.8 Å². The highest BCUT2D eigenvalue weighted by molar-refractivity contribution is 8.13. The number of esters is 1. The van der Waals surface area contributed by atoms with Crippen molar-refractivity contribution in [1.82, 2.24) is 0 Å². The van der Waals surface area contributed by atoms with E-state index in [-0.39, 0.29) is 22.7 Å². The van der Waals surface area contributed by atoms with Gasteiger partial charge >= 0.3 is 5.97 Å². The molecule has 0 radical (unpaired) electrons. The second kappa shape index (κ2) is 8.11. The summed E-state index contributed by atoms with van der Waals surface area (Å²) in [6.45, 7) is 1.40. The number of aliphatic hydroxyl groups is 2. The molecule has 1 aromatic carbocycles. The Balaban J connectivity index is 2.82. The molecule has 1 rings (SSSR count). The van der Waals surface area contributed by atoms with Crippen molar-refractivity contribution in [1.29, 1.82) is 0 Å². The van der Waals surface area contributed by atoms with Crippen LogP contribution in [0.15, 0.2) is 18.2 Å². The van der Waals surface area contributed by atoms with Crippen molar-refractivity contribution < 1.29 is 28.9 Å². The number of rotatable bonds is 6. The second-order valence-corrected chi connectivity index (χ2v) is 5.64. The third-order valence-electron chi connectivity index (χ3n) is 2.82. The van der Waals surface area contributed by atoms with Crippen molar-refractivity contribution in [3.8, 4) is 0 Å². The summed E-state index contributed by atoms with van der Waals surface area (Å²) in [5.74, 6) is -1.08. The summed E-state index contributed by atoms with van der Waals surface area (Å²) in [5.41, 5.74) is -0.100. The van der Waals surface area contributed by atoms with Crippen molar-refractivity contribution in [2.24, 2.45) is 0 Å². The average molecular weight is 316 g/mol. The molecule has 1 aromatic rings. The highest BCUT2D eigenvalue weighted by atomic mass is 32.2. The first-order valence-corrected chi connectivity index (χ1v) is 7.22. The van der Waals surface area contributed by atoms with Crippen LogP contribution in [-0.2, 0) is 9.53 Å². The van der Waals surface area contributed by atoms with Gasteiger partial charge in [-0.1, -0.05) is 11.8 Å². The fourth-order valence-corrected chi connectivity index (χ4v) is 2.35. The summed E-state index contributed by atoms with van der Waals surface area (Å²) in [7, 11) is 1.19. The third-order valence-corrected chi connectivity index (χ3v) is 3.67. The summed E-state index contributed by atoms with van der Waals surface area (Å²) in [6.07, 6.45) is -2.60. The number of hydrogen-bond donors (Lipinski definition) is 2. The van der Waals surface area contributed by atoms with E-state index in [1.807, 2.05) is 0 Å². The van der Waals surface area contributed by atoms with E-state index in [1.165, 1.54) is 20.1 Å². The van der Waals surface area contributed by atoms with Crippen molar-refractivity contribution >= 4 is 22.8 Å². The summed E-state index contributed by atoms with van der Waals surface area (Å²) >= 11 is 1.01. The summed E-state index contributed by atoms with van der Waals surface area (Å²) < 4.78 is 18.2. The van der Waals surface area contributed by atoms with E-state index in [4.69, 9.17) is 0 Å². The lowest BCUT2D eigenvalue weighted by atomic mass is 10.00. The molecular weight excluding hydrogens is 299 g/mol. The highest BCUT2D eigenvalue weighted by Gasteiger charge is 2.23. The number of hydrogen-bond acceptors (Lipinski definition) is 6. The minimum absolute atomic E-state index is 0.0817. The van der Waals surface area contributed by atoms with E-state index in [9.17, 15) is 24.2 Å². The topological polar surface area (TPSA) is 83.8 Å². The largest absolute Gasteiger partial charge is 0.465 e. The van der Waals surface area contributed by atoms with Crippen LogP contribution < -0.4 is 0 Å². The number of methoxy groups -OCH3 is 1. The van der Waals surface area contributed by atoms with Crippen LogP contribution in [-0.4, -0.2) is 40.3 Å². The molecule has 0 saturated carbocycles. The Morgan fingerprint density at radius 3 is 2.62 bits per heavy atom. The first-order chi connectivity index (χ1) is 9.86. The molecule has 0 bridgehead atoms. The first kappa shape index (κ1) is 17.6. The third kappa shape index (κ3) is 5.11. The van der Waals surface area contributed by atoms with Crippen LogP contribution in [0.1, 0.15) is 35.4 Å². The van der Waals surface area contributed by atoms with Crippen LogP contribution in [0.25, 0.3) is 0 Å². The molecule has 116 valence electrons. The van der Waals surface area contributed by atoms with Gasteiger partial charge in [0, 0.05) is 18.2 Å². The molecule has 2 unspecified atom stereocenters. The Kier molecular flexibility index (Phi) is 6.80. The normalized spacial score (nSPS) is 13.6. The van der Waals surface area contributed by atoms with Crippen LogP contribution in [0, 0.1) is 5.82 Å². The lowest BCUT2D eigenvalue weighted by molar-refractivity contribution is -0.109. The molecule has 2 N–H and O–H groups in total. The molecule has 21 heavy (non-hydrogen) atoms. The number of thioether (sulfide) groups is 1. The lowest BCUT2D eigenvalue weighted by Gasteiger charge is -2.19. The monoisotopic (exact) mass is 316 g/mol. The van der Waals surface area contributed by atoms with Crippen LogP contribution in [0.3, 0.4) is 0 Å². The average Bonchev–Trinajstić information content (AvgIpc) is 2.45. The number of carbonyl (C=O) groups is 2. The molecule has 0 aliphatic rings. The molecule has 0 spiro atoms. The van der Waals surface area contributed by atoms with Gasteiger partial charge in [0.1, 0.15) is 11.9 Å². The molecule has 5 nitrogen and oxygen atoms in total. The second-order valence-electron chi connectivity index (χ2n) is 4.37. The SMILES string of the molecule is COC(=O)c1ccc(F)c(C(O)C(O)CCSC(C)=O)c1. The molecule has 2 atom stereocenters. The van der Waals surface area contributed by atoms with E-state index in [0.717, 1.165) is 23.9 Å². The van der Waals surface area contributed by atoms with Gasteiger partial charge in [-0.25, -0.2) is 9.18 Å². The summed E-state index contributed by atoms with van der Waals surface area (Å²) in [6, 6.07) is 3.41. The Hall–Kier alpha value is -1.44. The van der Waals surface area contributed by atoms with Gasteiger partial charge in [0.25, 0.3) is 0 Å². The van der Waals surface area contributed by atoms with Gasteiger partial charge in [0.05, 0.1) is 18.8 Å². The van der Waals surface area contributed by atoms with E-state index in [1.54, 1.807) is 0 Å². The quantitative estimate of drug-likeness (QED) is 0.777. The number of ether oxygens (including phenoxy) is 1. The predicted octanol–water partition coefficient (Wildman–Crippen LogP) is 1.68. The smallest absolute Gasteiger partial charge is 0.337 e. The van der Waals surface area contributed by atoms with Crippen molar-refractivity contribution in [2.75, 3.05) is 12.9 Å². The van der Waals surface area contributed by atoms with E-state index in [2.05, 4.69) is 4.74 Å². The van der Waals surface area contributed by atoms with Gasteiger partial charge in [-0.15, -0.1) is 0 Å². The van der Waals surface area contributed by atoms with E-state index >= 15 is 0 Å². The maximum atomic E-state index is 13.7. The Morgan fingerprint density at radius 2 is 2.05 bits per heavy atom. The van der Waals surface area contributed by atoms with Gasteiger partial charge in [0.15, 0.2) is 5.12 Å². The standard InChI is InChI=1S/C14H17FO5S/c1-8(16)21-6-5-12(17)13(18)10-7-9(14(19)20-2)3-4-11(10)15/h3-4,7,12-13,17-18H,5-6H2,1-2H3. The van der Waals surface area contributed by atoms with E-state index in [0.29, 0.717) is 5.75 Å². The molecule has 0 aliphatic heterocycles. The highest BCUT2D eigenvalue weighted by Crippen LogP contribution is 2.24.